The van der Waals surface area contributed by atoms with Crippen LogP contribution in [0.4, 0.5) is 0 Å². The van der Waals surface area contributed by atoms with Crippen LogP contribution in [0.5, 0.6) is 5.75 Å². The van der Waals surface area contributed by atoms with Gasteiger partial charge >= 0.3 is 0 Å². The monoisotopic (exact) mass is 252 g/mol. The van der Waals surface area contributed by atoms with E-state index in [1.807, 2.05) is 6.92 Å². The molecule has 0 amide bonds. The highest BCUT2D eigenvalue weighted by Crippen LogP contribution is 2.23. The summed E-state index contributed by atoms with van der Waals surface area (Å²) >= 11 is 1.09. The fourth-order valence-electron chi connectivity index (χ4n) is 1.53. The van der Waals surface area contributed by atoms with E-state index in [-0.39, 0.29) is 5.78 Å². The standard InChI is InChI=1S/C10H12N4O2S/c1-4-14-8(7(16-3)5-11-14)9(15)10-6(2)12-13-17-10/h5H,4H2,1-3H3. The molecule has 0 N–H and O–H groups in total. The molecule has 90 valence electrons. The van der Waals surface area contributed by atoms with Crippen molar-refractivity contribution in [2.45, 2.75) is 20.4 Å². The summed E-state index contributed by atoms with van der Waals surface area (Å²) in [6.45, 7) is 4.28. The fraction of sp³-hybridized carbons (Fsp3) is 0.400. The van der Waals surface area contributed by atoms with Gasteiger partial charge in [0.05, 0.1) is 19.0 Å². The number of aryl methyl sites for hydroxylation is 2. The Morgan fingerprint density at radius 1 is 1.59 bits per heavy atom. The summed E-state index contributed by atoms with van der Waals surface area (Å²) in [5, 5.41) is 7.94. The molecular weight excluding hydrogens is 240 g/mol. The summed E-state index contributed by atoms with van der Waals surface area (Å²) in [6, 6.07) is 0. The molecule has 7 heteroatoms. The van der Waals surface area contributed by atoms with Crippen molar-refractivity contribution in [2.24, 2.45) is 0 Å². The molecule has 2 aromatic heterocycles. The molecule has 0 aliphatic heterocycles. The van der Waals surface area contributed by atoms with Crippen LogP contribution in [0.25, 0.3) is 0 Å². The molecule has 0 atom stereocenters. The zero-order valence-corrected chi connectivity index (χ0v) is 10.6. The van der Waals surface area contributed by atoms with Gasteiger partial charge in [-0.1, -0.05) is 4.49 Å². The van der Waals surface area contributed by atoms with Crippen molar-refractivity contribution in [1.82, 2.24) is 19.4 Å². The minimum atomic E-state index is -0.145. The number of aromatic nitrogens is 4. The van der Waals surface area contributed by atoms with Crippen molar-refractivity contribution >= 4 is 17.3 Å². The highest BCUT2D eigenvalue weighted by Gasteiger charge is 2.23. The summed E-state index contributed by atoms with van der Waals surface area (Å²) in [5.41, 5.74) is 1.08. The maximum Gasteiger partial charge on any atom is 0.228 e. The van der Waals surface area contributed by atoms with Crippen LogP contribution in [-0.4, -0.2) is 32.3 Å². The Balaban J connectivity index is 2.50. The molecule has 0 saturated carbocycles. The number of rotatable bonds is 4. The molecule has 0 fully saturated rings. The molecule has 0 bridgehead atoms. The Kier molecular flexibility index (Phi) is 3.19. The first-order valence-electron chi connectivity index (χ1n) is 5.12. The lowest BCUT2D eigenvalue weighted by Crippen LogP contribution is -2.11. The van der Waals surface area contributed by atoms with Crippen LogP contribution in [0.2, 0.25) is 0 Å². The molecule has 0 radical (unpaired) electrons. The minimum Gasteiger partial charge on any atom is -0.493 e. The SMILES string of the molecule is CCn1ncc(OC)c1C(=O)c1snnc1C. The third-order valence-electron chi connectivity index (χ3n) is 2.40. The molecule has 0 aliphatic carbocycles. The van der Waals surface area contributed by atoms with Gasteiger partial charge in [0.1, 0.15) is 4.88 Å². The van der Waals surface area contributed by atoms with Gasteiger partial charge in [0, 0.05) is 6.54 Å². The van der Waals surface area contributed by atoms with E-state index in [1.165, 1.54) is 7.11 Å². The Morgan fingerprint density at radius 3 is 2.88 bits per heavy atom. The van der Waals surface area contributed by atoms with Gasteiger partial charge in [-0.25, -0.2) is 0 Å². The molecule has 0 saturated heterocycles. The van der Waals surface area contributed by atoms with E-state index in [4.69, 9.17) is 4.74 Å². The summed E-state index contributed by atoms with van der Waals surface area (Å²) < 4.78 is 10.5. The highest BCUT2D eigenvalue weighted by molar-refractivity contribution is 7.08. The van der Waals surface area contributed by atoms with Crippen molar-refractivity contribution in [2.75, 3.05) is 7.11 Å². The number of ketones is 1. The smallest absolute Gasteiger partial charge is 0.228 e. The first kappa shape index (κ1) is 11.7. The van der Waals surface area contributed by atoms with E-state index < -0.39 is 0 Å². The molecule has 0 aromatic carbocycles. The van der Waals surface area contributed by atoms with Gasteiger partial charge in [0.15, 0.2) is 11.4 Å². The second-order valence-electron chi connectivity index (χ2n) is 3.39. The van der Waals surface area contributed by atoms with Crippen molar-refractivity contribution in [1.29, 1.82) is 0 Å². The van der Waals surface area contributed by atoms with Gasteiger partial charge in [0.2, 0.25) is 5.78 Å². The maximum atomic E-state index is 12.3. The van der Waals surface area contributed by atoms with E-state index in [1.54, 1.807) is 17.8 Å². The fourth-order valence-corrected chi connectivity index (χ4v) is 2.13. The lowest BCUT2D eigenvalue weighted by Gasteiger charge is -2.04. The molecule has 17 heavy (non-hydrogen) atoms. The molecular formula is C10H12N4O2S. The van der Waals surface area contributed by atoms with Crippen LogP contribution in [0.15, 0.2) is 6.20 Å². The number of nitrogens with zero attached hydrogens (tertiary/aromatic N) is 4. The molecule has 0 aliphatic rings. The van der Waals surface area contributed by atoms with Crippen molar-refractivity contribution in [3.63, 3.8) is 0 Å². The van der Waals surface area contributed by atoms with Gasteiger partial charge in [0.25, 0.3) is 0 Å². The van der Waals surface area contributed by atoms with Gasteiger partial charge in [-0.2, -0.15) is 5.10 Å². The topological polar surface area (TPSA) is 69.9 Å². The molecule has 2 heterocycles. The number of carbonyl (C=O) groups excluding carboxylic acids is 1. The molecule has 6 nitrogen and oxygen atoms in total. The Bertz CT molecular complexity index is 525. The maximum absolute atomic E-state index is 12.3. The van der Waals surface area contributed by atoms with Crippen molar-refractivity contribution < 1.29 is 9.53 Å². The summed E-state index contributed by atoms with van der Waals surface area (Å²) in [5.74, 6) is 0.332. The predicted molar refractivity (Wildman–Crippen MR) is 62.5 cm³/mol. The first-order valence-corrected chi connectivity index (χ1v) is 5.89. The Hall–Kier alpha value is -1.76. The minimum absolute atomic E-state index is 0.145. The van der Waals surface area contributed by atoms with E-state index in [0.717, 1.165) is 11.5 Å². The van der Waals surface area contributed by atoms with Crippen LogP contribution in [0, 0.1) is 6.92 Å². The summed E-state index contributed by atoms with van der Waals surface area (Å²) in [7, 11) is 1.52. The van der Waals surface area contributed by atoms with Gasteiger partial charge in [-0.15, -0.1) is 5.10 Å². The van der Waals surface area contributed by atoms with Gasteiger partial charge < -0.3 is 4.74 Å². The number of methoxy groups -OCH3 is 1. The van der Waals surface area contributed by atoms with Crippen molar-refractivity contribution in [3.05, 3.63) is 22.5 Å². The lowest BCUT2D eigenvalue weighted by atomic mass is 10.2. The largest absolute Gasteiger partial charge is 0.493 e. The van der Waals surface area contributed by atoms with Crippen LogP contribution in [0.1, 0.15) is 28.0 Å². The van der Waals surface area contributed by atoms with Crippen molar-refractivity contribution in [3.8, 4) is 5.75 Å². The molecule has 2 rings (SSSR count). The predicted octanol–water partition coefficient (Wildman–Crippen LogP) is 1.30. The summed E-state index contributed by atoms with van der Waals surface area (Å²) in [4.78, 5) is 12.9. The Labute approximate surface area is 102 Å². The average Bonchev–Trinajstić information content (AvgIpc) is 2.93. The number of ether oxygens (including phenoxy) is 1. The van der Waals surface area contributed by atoms with Gasteiger partial charge in [-0.3, -0.25) is 9.48 Å². The van der Waals surface area contributed by atoms with Gasteiger partial charge in [-0.05, 0) is 25.4 Å². The van der Waals surface area contributed by atoms with Crippen LogP contribution < -0.4 is 4.74 Å². The second kappa shape index (κ2) is 4.62. The average molecular weight is 252 g/mol. The van der Waals surface area contributed by atoms with Crippen LogP contribution in [0.3, 0.4) is 0 Å². The number of carbonyl (C=O) groups is 1. The zero-order chi connectivity index (χ0) is 12.4. The summed E-state index contributed by atoms with van der Waals surface area (Å²) in [6.07, 6.45) is 1.54. The zero-order valence-electron chi connectivity index (χ0n) is 9.80. The van der Waals surface area contributed by atoms with E-state index in [2.05, 4.69) is 14.7 Å². The van der Waals surface area contributed by atoms with E-state index in [0.29, 0.717) is 28.6 Å². The third kappa shape index (κ3) is 1.93. The quantitative estimate of drug-likeness (QED) is 0.767. The second-order valence-corrected chi connectivity index (χ2v) is 4.15. The lowest BCUT2D eigenvalue weighted by molar-refractivity contribution is 0.102. The van der Waals surface area contributed by atoms with E-state index in [9.17, 15) is 4.79 Å². The van der Waals surface area contributed by atoms with Crippen LogP contribution in [-0.2, 0) is 6.54 Å². The molecule has 2 aromatic rings. The molecule has 0 unspecified atom stereocenters. The normalized spacial score (nSPS) is 10.5. The first-order chi connectivity index (χ1) is 8.19. The van der Waals surface area contributed by atoms with Crippen LogP contribution >= 0.6 is 11.5 Å². The molecule has 0 spiro atoms. The van der Waals surface area contributed by atoms with E-state index >= 15 is 0 Å². The Morgan fingerprint density at radius 2 is 2.35 bits per heavy atom. The number of hydrogen-bond acceptors (Lipinski definition) is 6. The number of hydrogen-bond donors (Lipinski definition) is 0. The third-order valence-corrected chi connectivity index (χ3v) is 3.22. The highest BCUT2D eigenvalue weighted by atomic mass is 32.1.